The number of hydrogen-bond acceptors (Lipinski definition) is 2. The summed E-state index contributed by atoms with van der Waals surface area (Å²) in [5.74, 6) is 0. The fraction of sp³-hybridized carbons (Fsp3) is 1.00. The number of rotatable bonds is 6. The van der Waals surface area contributed by atoms with Crippen molar-refractivity contribution in [3.63, 3.8) is 0 Å². The van der Waals surface area contributed by atoms with Gasteiger partial charge in [0.05, 0.1) is 6.10 Å². The van der Waals surface area contributed by atoms with Gasteiger partial charge in [-0.2, -0.15) is 0 Å². The highest BCUT2D eigenvalue weighted by Crippen LogP contribution is 1.86. The molecule has 0 aliphatic heterocycles. The Kier molecular flexibility index (Phi) is 6.98. The Bertz CT molecular complexity index is 66.3. The van der Waals surface area contributed by atoms with E-state index in [1.165, 1.54) is 6.42 Å². The SMILES string of the molecule is CCCNC[C@H](C)OCC. The van der Waals surface area contributed by atoms with E-state index in [1.54, 1.807) is 0 Å². The lowest BCUT2D eigenvalue weighted by Crippen LogP contribution is -2.27. The lowest BCUT2D eigenvalue weighted by atomic mass is 10.4. The molecule has 1 N–H and O–H groups in total. The van der Waals surface area contributed by atoms with Crippen LogP contribution >= 0.6 is 0 Å². The quantitative estimate of drug-likeness (QED) is 0.571. The molecule has 0 heterocycles. The van der Waals surface area contributed by atoms with Crippen molar-refractivity contribution in [3.8, 4) is 0 Å². The number of hydrogen-bond donors (Lipinski definition) is 1. The summed E-state index contributed by atoms with van der Waals surface area (Å²) < 4.78 is 5.33. The zero-order valence-corrected chi connectivity index (χ0v) is 7.31. The van der Waals surface area contributed by atoms with E-state index in [0.29, 0.717) is 6.10 Å². The molecule has 0 spiro atoms. The third-order valence-corrected chi connectivity index (χ3v) is 1.31. The summed E-state index contributed by atoms with van der Waals surface area (Å²) in [5, 5.41) is 3.29. The van der Waals surface area contributed by atoms with Crippen LogP contribution in [0.25, 0.3) is 0 Å². The Labute approximate surface area is 64.0 Å². The van der Waals surface area contributed by atoms with E-state index in [2.05, 4.69) is 19.2 Å². The molecule has 0 saturated carbocycles. The molecule has 0 aromatic carbocycles. The Balaban J connectivity index is 2.97. The maximum Gasteiger partial charge on any atom is 0.0671 e. The fourth-order valence-corrected chi connectivity index (χ4v) is 0.826. The first kappa shape index (κ1) is 9.92. The van der Waals surface area contributed by atoms with Crippen LogP contribution in [0.1, 0.15) is 27.2 Å². The predicted octanol–water partition coefficient (Wildman–Crippen LogP) is 1.41. The highest BCUT2D eigenvalue weighted by atomic mass is 16.5. The molecule has 0 rings (SSSR count). The molecule has 1 atom stereocenters. The molecule has 0 bridgehead atoms. The Hall–Kier alpha value is -0.0800. The third-order valence-electron chi connectivity index (χ3n) is 1.31. The molecule has 2 nitrogen and oxygen atoms in total. The molecule has 0 unspecified atom stereocenters. The van der Waals surface area contributed by atoms with Crippen molar-refractivity contribution in [2.24, 2.45) is 0 Å². The normalized spacial score (nSPS) is 13.5. The van der Waals surface area contributed by atoms with Crippen LogP contribution in [-0.2, 0) is 4.74 Å². The van der Waals surface area contributed by atoms with Crippen molar-refractivity contribution < 1.29 is 4.74 Å². The van der Waals surface area contributed by atoms with Crippen LogP contribution in [0.4, 0.5) is 0 Å². The average Bonchev–Trinajstić information content (AvgIpc) is 1.89. The largest absolute Gasteiger partial charge is 0.377 e. The second-order valence-corrected chi connectivity index (χ2v) is 2.47. The van der Waals surface area contributed by atoms with Gasteiger partial charge in [-0.3, -0.25) is 0 Å². The lowest BCUT2D eigenvalue weighted by molar-refractivity contribution is 0.0763. The molecule has 0 amide bonds. The summed E-state index contributed by atoms with van der Waals surface area (Å²) >= 11 is 0. The van der Waals surface area contributed by atoms with Crippen molar-refractivity contribution in [3.05, 3.63) is 0 Å². The molecule has 2 heteroatoms. The molecule has 0 radical (unpaired) electrons. The van der Waals surface area contributed by atoms with Crippen molar-refractivity contribution in [2.75, 3.05) is 19.7 Å². The van der Waals surface area contributed by atoms with Gasteiger partial charge in [0.15, 0.2) is 0 Å². The summed E-state index contributed by atoms with van der Waals surface area (Å²) in [7, 11) is 0. The predicted molar refractivity (Wildman–Crippen MR) is 44.2 cm³/mol. The van der Waals surface area contributed by atoms with Gasteiger partial charge >= 0.3 is 0 Å². The zero-order valence-electron chi connectivity index (χ0n) is 7.31. The minimum atomic E-state index is 0.358. The first-order valence-corrected chi connectivity index (χ1v) is 4.13. The fourth-order valence-electron chi connectivity index (χ4n) is 0.826. The molecule has 0 fully saturated rings. The van der Waals surface area contributed by atoms with Crippen LogP contribution in [-0.4, -0.2) is 25.8 Å². The van der Waals surface area contributed by atoms with Crippen LogP contribution in [0.5, 0.6) is 0 Å². The van der Waals surface area contributed by atoms with Gasteiger partial charge < -0.3 is 10.1 Å². The van der Waals surface area contributed by atoms with Crippen LogP contribution < -0.4 is 5.32 Å². The first-order chi connectivity index (χ1) is 4.81. The van der Waals surface area contributed by atoms with E-state index >= 15 is 0 Å². The van der Waals surface area contributed by atoms with Crippen LogP contribution in [0.2, 0.25) is 0 Å². The van der Waals surface area contributed by atoms with Crippen LogP contribution in [0, 0.1) is 0 Å². The second kappa shape index (κ2) is 7.03. The van der Waals surface area contributed by atoms with Gasteiger partial charge in [-0.05, 0) is 26.8 Å². The molecule has 10 heavy (non-hydrogen) atoms. The van der Waals surface area contributed by atoms with Gasteiger partial charge in [0, 0.05) is 13.2 Å². The van der Waals surface area contributed by atoms with Gasteiger partial charge in [0.1, 0.15) is 0 Å². The van der Waals surface area contributed by atoms with Gasteiger partial charge in [-0.25, -0.2) is 0 Å². The Morgan fingerprint density at radius 2 is 2.10 bits per heavy atom. The molecular weight excluding hydrogens is 126 g/mol. The zero-order chi connectivity index (χ0) is 7.82. The van der Waals surface area contributed by atoms with Gasteiger partial charge in [0.25, 0.3) is 0 Å². The maximum atomic E-state index is 5.33. The molecule has 0 aromatic heterocycles. The topological polar surface area (TPSA) is 21.3 Å². The highest BCUT2D eigenvalue weighted by Gasteiger charge is 1.97. The van der Waals surface area contributed by atoms with E-state index in [0.717, 1.165) is 19.7 Å². The second-order valence-electron chi connectivity index (χ2n) is 2.47. The monoisotopic (exact) mass is 145 g/mol. The average molecular weight is 145 g/mol. The molecule has 0 aliphatic carbocycles. The number of nitrogens with one attached hydrogen (secondary N) is 1. The molecule has 0 saturated heterocycles. The van der Waals surface area contributed by atoms with Crippen LogP contribution in [0.3, 0.4) is 0 Å². The summed E-state index contributed by atoms with van der Waals surface area (Å²) in [6.45, 7) is 9.16. The van der Waals surface area contributed by atoms with E-state index < -0.39 is 0 Å². The smallest absolute Gasteiger partial charge is 0.0671 e. The van der Waals surface area contributed by atoms with E-state index in [9.17, 15) is 0 Å². The number of ether oxygens (including phenoxy) is 1. The maximum absolute atomic E-state index is 5.33. The van der Waals surface area contributed by atoms with Crippen molar-refractivity contribution >= 4 is 0 Å². The van der Waals surface area contributed by atoms with Gasteiger partial charge in [-0.15, -0.1) is 0 Å². The standard InChI is InChI=1S/C8H19NO/c1-4-6-9-7-8(3)10-5-2/h8-9H,4-7H2,1-3H3/t8-/m0/s1. The van der Waals surface area contributed by atoms with Gasteiger partial charge in [-0.1, -0.05) is 6.92 Å². The first-order valence-electron chi connectivity index (χ1n) is 4.13. The lowest BCUT2D eigenvalue weighted by Gasteiger charge is -2.11. The summed E-state index contributed by atoms with van der Waals surface area (Å²) in [6, 6.07) is 0. The van der Waals surface area contributed by atoms with Gasteiger partial charge in [0.2, 0.25) is 0 Å². The Morgan fingerprint density at radius 1 is 1.40 bits per heavy atom. The third kappa shape index (κ3) is 6.05. The summed E-state index contributed by atoms with van der Waals surface area (Å²) in [5.41, 5.74) is 0. The van der Waals surface area contributed by atoms with Crippen molar-refractivity contribution in [1.29, 1.82) is 0 Å². The molecule has 0 aromatic rings. The molecular formula is C8H19NO. The van der Waals surface area contributed by atoms with E-state index in [-0.39, 0.29) is 0 Å². The van der Waals surface area contributed by atoms with E-state index in [1.807, 2.05) is 6.92 Å². The minimum Gasteiger partial charge on any atom is -0.377 e. The Morgan fingerprint density at radius 3 is 2.60 bits per heavy atom. The molecule has 62 valence electrons. The van der Waals surface area contributed by atoms with Crippen molar-refractivity contribution in [2.45, 2.75) is 33.3 Å². The van der Waals surface area contributed by atoms with Crippen LogP contribution in [0.15, 0.2) is 0 Å². The summed E-state index contributed by atoms with van der Waals surface area (Å²) in [6.07, 6.45) is 1.55. The van der Waals surface area contributed by atoms with E-state index in [4.69, 9.17) is 4.74 Å². The summed E-state index contributed by atoms with van der Waals surface area (Å²) in [4.78, 5) is 0. The minimum absolute atomic E-state index is 0.358. The molecule has 0 aliphatic rings. The highest BCUT2D eigenvalue weighted by molar-refractivity contribution is 4.53. The van der Waals surface area contributed by atoms with Crippen molar-refractivity contribution in [1.82, 2.24) is 5.32 Å².